The zero-order valence-corrected chi connectivity index (χ0v) is 20.7. The molecule has 3 rings (SSSR count). The van der Waals surface area contributed by atoms with Gasteiger partial charge in [0.15, 0.2) is 0 Å². The van der Waals surface area contributed by atoms with Gasteiger partial charge in [0.1, 0.15) is 23.7 Å². The molecule has 1 aliphatic heterocycles. The van der Waals surface area contributed by atoms with Crippen LogP contribution < -0.4 is 10.2 Å². The maximum Gasteiger partial charge on any atom is 0.410 e. The minimum absolute atomic E-state index is 0.0597. The number of imidazole rings is 1. The number of fused-ring (bicyclic) bond motifs is 1. The predicted octanol–water partition coefficient (Wildman–Crippen LogP) is 2.20. The summed E-state index contributed by atoms with van der Waals surface area (Å²) in [7, 11) is 1.56. The summed E-state index contributed by atoms with van der Waals surface area (Å²) in [5.41, 5.74) is 0.928. The predicted molar refractivity (Wildman–Crippen MR) is 131 cm³/mol. The van der Waals surface area contributed by atoms with Gasteiger partial charge in [0.25, 0.3) is 0 Å². The van der Waals surface area contributed by atoms with Crippen molar-refractivity contribution in [2.24, 2.45) is 0 Å². The number of anilines is 1. The summed E-state index contributed by atoms with van der Waals surface area (Å²) in [6.45, 7) is 7.33. The Bertz CT molecular complexity index is 1100. The number of carbonyl (C=O) groups is 3. The van der Waals surface area contributed by atoms with Gasteiger partial charge in [0.2, 0.25) is 12.3 Å². The zero-order chi connectivity index (χ0) is 25.4. The molecule has 0 saturated carbocycles. The number of rotatable bonds is 7. The number of nitrogens with one attached hydrogen (secondary N) is 1. The summed E-state index contributed by atoms with van der Waals surface area (Å²) in [6, 6.07) is 3.67. The van der Waals surface area contributed by atoms with Gasteiger partial charge in [-0.05, 0) is 45.7 Å². The molecule has 1 N–H and O–H groups in total. The number of hydrogen-bond acceptors (Lipinski definition) is 6. The maximum atomic E-state index is 12.2. The SMILES string of the molecule is CNC(=O)CCN(C=O)c1cnc2cc(C#CCOC3CCN(C(=O)OC(C)(C)C)CC3)ccn12. The molecular formula is C25H33N5O5. The molecule has 1 fully saturated rings. The monoisotopic (exact) mass is 483 g/mol. The molecule has 10 heteroatoms. The van der Waals surface area contributed by atoms with E-state index in [1.165, 1.54) is 4.90 Å². The first-order valence-electron chi connectivity index (χ1n) is 11.7. The fourth-order valence-corrected chi connectivity index (χ4v) is 3.65. The number of aromatic nitrogens is 2. The van der Waals surface area contributed by atoms with Crippen molar-refractivity contribution in [3.63, 3.8) is 0 Å². The van der Waals surface area contributed by atoms with Crippen molar-refractivity contribution in [1.82, 2.24) is 19.6 Å². The Kier molecular flexibility index (Phi) is 8.71. The van der Waals surface area contributed by atoms with Gasteiger partial charge < -0.3 is 19.7 Å². The van der Waals surface area contributed by atoms with Gasteiger partial charge in [-0.1, -0.05) is 11.8 Å². The Balaban J connectivity index is 1.50. The molecule has 188 valence electrons. The van der Waals surface area contributed by atoms with Crippen LogP contribution in [0.3, 0.4) is 0 Å². The van der Waals surface area contributed by atoms with E-state index in [-0.39, 0.29) is 31.1 Å². The van der Waals surface area contributed by atoms with Crippen LogP contribution in [0.5, 0.6) is 0 Å². The first-order chi connectivity index (χ1) is 16.7. The van der Waals surface area contributed by atoms with E-state index in [0.717, 1.165) is 18.4 Å². The van der Waals surface area contributed by atoms with Gasteiger partial charge in [-0.3, -0.25) is 18.9 Å². The molecule has 0 aliphatic carbocycles. The number of ether oxygens (including phenoxy) is 2. The molecule has 10 nitrogen and oxygen atoms in total. The third kappa shape index (κ3) is 7.45. The standard InChI is InChI=1S/C25H33N5O5/c1-25(2,3)35-24(33)28-11-8-20(9-12-28)34-15-5-6-19-7-14-30-21(16-19)27-17-23(30)29(18-31)13-10-22(32)26-4/h7,14,16-18,20H,8-13,15H2,1-4H3,(H,26,32). The second-order valence-electron chi connectivity index (χ2n) is 9.26. The Morgan fingerprint density at radius 1 is 1.31 bits per heavy atom. The lowest BCUT2D eigenvalue weighted by Crippen LogP contribution is -2.43. The van der Waals surface area contributed by atoms with E-state index in [0.29, 0.717) is 37.6 Å². The van der Waals surface area contributed by atoms with E-state index in [4.69, 9.17) is 9.47 Å². The van der Waals surface area contributed by atoms with Crippen molar-refractivity contribution in [2.75, 3.05) is 38.2 Å². The molecule has 0 aromatic carbocycles. The van der Waals surface area contributed by atoms with E-state index in [9.17, 15) is 14.4 Å². The first-order valence-corrected chi connectivity index (χ1v) is 11.7. The molecule has 0 bridgehead atoms. The van der Waals surface area contributed by atoms with Gasteiger partial charge in [-0.15, -0.1) is 0 Å². The van der Waals surface area contributed by atoms with Crippen LogP contribution in [0.25, 0.3) is 5.65 Å². The van der Waals surface area contributed by atoms with Crippen LogP contribution in [0, 0.1) is 11.8 Å². The Labute approximate surface area is 205 Å². The lowest BCUT2D eigenvalue weighted by molar-refractivity contribution is -0.120. The fraction of sp³-hybridized carbons (Fsp3) is 0.520. The number of amides is 3. The lowest BCUT2D eigenvalue weighted by Gasteiger charge is -2.33. The number of piperidine rings is 1. The van der Waals surface area contributed by atoms with Gasteiger partial charge >= 0.3 is 6.09 Å². The highest BCUT2D eigenvalue weighted by Crippen LogP contribution is 2.18. The van der Waals surface area contributed by atoms with Crippen LogP contribution in [0.1, 0.15) is 45.6 Å². The molecule has 3 amide bonds. The number of hydrogen-bond donors (Lipinski definition) is 1. The summed E-state index contributed by atoms with van der Waals surface area (Å²) in [5, 5.41) is 2.54. The van der Waals surface area contributed by atoms with Crippen LogP contribution >= 0.6 is 0 Å². The Morgan fingerprint density at radius 3 is 2.71 bits per heavy atom. The van der Waals surface area contributed by atoms with E-state index >= 15 is 0 Å². The smallest absolute Gasteiger partial charge is 0.410 e. The summed E-state index contributed by atoms with van der Waals surface area (Å²) in [5.74, 6) is 6.56. The topological polar surface area (TPSA) is 105 Å². The number of pyridine rings is 1. The minimum atomic E-state index is -0.498. The molecule has 0 atom stereocenters. The van der Waals surface area contributed by atoms with Crippen molar-refractivity contribution >= 4 is 29.9 Å². The van der Waals surface area contributed by atoms with E-state index in [1.54, 1.807) is 28.7 Å². The average molecular weight is 484 g/mol. The molecule has 0 radical (unpaired) electrons. The summed E-state index contributed by atoms with van der Waals surface area (Å²) in [6.07, 6.45) is 5.55. The van der Waals surface area contributed by atoms with Crippen LogP contribution in [0.15, 0.2) is 24.5 Å². The Hall–Kier alpha value is -3.58. The van der Waals surface area contributed by atoms with Gasteiger partial charge in [0.05, 0.1) is 12.3 Å². The van der Waals surface area contributed by atoms with Crippen molar-refractivity contribution in [3.8, 4) is 11.8 Å². The van der Waals surface area contributed by atoms with Crippen molar-refractivity contribution in [3.05, 3.63) is 30.1 Å². The zero-order valence-electron chi connectivity index (χ0n) is 20.7. The Morgan fingerprint density at radius 2 is 2.06 bits per heavy atom. The van der Waals surface area contributed by atoms with E-state index < -0.39 is 5.60 Å². The molecule has 0 unspecified atom stereocenters. The van der Waals surface area contributed by atoms with E-state index in [1.807, 2.05) is 32.9 Å². The quantitative estimate of drug-likeness (QED) is 0.478. The van der Waals surface area contributed by atoms with E-state index in [2.05, 4.69) is 22.1 Å². The van der Waals surface area contributed by atoms with Crippen molar-refractivity contribution in [1.29, 1.82) is 0 Å². The fourth-order valence-electron chi connectivity index (χ4n) is 3.65. The van der Waals surface area contributed by atoms with Gasteiger partial charge in [-0.2, -0.15) is 0 Å². The maximum absolute atomic E-state index is 12.2. The highest BCUT2D eigenvalue weighted by molar-refractivity contribution is 5.79. The molecular weight excluding hydrogens is 450 g/mol. The van der Waals surface area contributed by atoms with Crippen LogP contribution in [-0.4, -0.2) is 77.7 Å². The summed E-state index contributed by atoms with van der Waals surface area (Å²) < 4.78 is 13.1. The minimum Gasteiger partial charge on any atom is -0.444 e. The summed E-state index contributed by atoms with van der Waals surface area (Å²) in [4.78, 5) is 42.7. The molecule has 0 spiro atoms. The molecule has 1 aliphatic rings. The second kappa shape index (κ2) is 11.7. The highest BCUT2D eigenvalue weighted by Gasteiger charge is 2.27. The first kappa shape index (κ1) is 26.0. The van der Waals surface area contributed by atoms with Crippen LogP contribution in [0.4, 0.5) is 10.6 Å². The lowest BCUT2D eigenvalue weighted by atomic mass is 10.1. The normalized spacial score (nSPS) is 14.2. The number of carbonyl (C=O) groups excluding carboxylic acids is 3. The molecule has 2 aromatic heterocycles. The number of nitrogens with zero attached hydrogens (tertiary/aromatic N) is 4. The molecule has 35 heavy (non-hydrogen) atoms. The average Bonchev–Trinajstić information content (AvgIpc) is 3.24. The van der Waals surface area contributed by atoms with Gasteiger partial charge in [0, 0.05) is 44.9 Å². The molecule has 3 heterocycles. The second-order valence-corrected chi connectivity index (χ2v) is 9.26. The van der Waals surface area contributed by atoms with Crippen molar-refractivity contribution in [2.45, 2.75) is 51.7 Å². The largest absolute Gasteiger partial charge is 0.444 e. The van der Waals surface area contributed by atoms with Crippen molar-refractivity contribution < 1.29 is 23.9 Å². The highest BCUT2D eigenvalue weighted by atomic mass is 16.6. The molecule has 1 saturated heterocycles. The number of likely N-dealkylation sites (tertiary alicyclic amines) is 1. The summed E-state index contributed by atoms with van der Waals surface area (Å²) >= 11 is 0. The van der Waals surface area contributed by atoms with Crippen LogP contribution in [-0.2, 0) is 19.1 Å². The van der Waals surface area contributed by atoms with Crippen LogP contribution in [0.2, 0.25) is 0 Å². The third-order valence-electron chi connectivity index (χ3n) is 5.49. The third-order valence-corrected chi connectivity index (χ3v) is 5.49. The molecule has 2 aromatic rings. The van der Waals surface area contributed by atoms with Gasteiger partial charge in [-0.25, -0.2) is 9.78 Å².